The molecule has 0 amide bonds. The van der Waals surface area contributed by atoms with Crippen LogP contribution in [0.2, 0.25) is 0 Å². The molecule has 0 radical (unpaired) electrons. The van der Waals surface area contributed by atoms with Crippen molar-refractivity contribution in [2.75, 3.05) is 0 Å². The van der Waals surface area contributed by atoms with Crippen LogP contribution in [0.1, 0.15) is 63.9 Å². The van der Waals surface area contributed by atoms with E-state index in [0.29, 0.717) is 11.5 Å². The lowest BCUT2D eigenvalue weighted by molar-refractivity contribution is 0.159. The van der Waals surface area contributed by atoms with Crippen LogP contribution in [0.3, 0.4) is 0 Å². The monoisotopic (exact) mass is 260 g/mol. The molecule has 0 aromatic heterocycles. The summed E-state index contributed by atoms with van der Waals surface area (Å²) in [6.07, 6.45) is 10.4. The second-order valence-corrected chi connectivity index (χ2v) is 5.94. The third-order valence-electron chi connectivity index (χ3n) is 4.81. The molecule has 0 spiro atoms. The molecular weight excluding hydrogens is 232 g/mol. The summed E-state index contributed by atoms with van der Waals surface area (Å²) in [5, 5.41) is 0. The molecule has 1 aliphatic carbocycles. The zero-order valence-corrected chi connectivity index (χ0v) is 12.2. The van der Waals surface area contributed by atoms with Crippen molar-refractivity contribution >= 4 is 0 Å². The Kier molecular flexibility index (Phi) is 5.41. The molecule has 1 unspecified atom stereocenters. The van der Waals surface area contributed by atoms with E-state index in [9.17, 15) is 0 Å². The second kappa shape index (κ2) is 7.06. The molecule has 2 nitrogen and oxygen atoms in total. The minimum absolute atomic E-state index is 0.294. The molecule has 1 atom stereocenters. The number of rotatable bonds is 8. The fourth-order valence-electron chi connectivity index (χ4n) is 3.46. The fourth-order valence-corrected chi connectivity index (χ4v) is 3.46. The lowest BCUT2D eigenvalue weighted by Gasteiger charge is -2.48. The van der Waals surface area contributed by atoms with Crippen molar-refractivity contribution in [3.8, 4) is 0 Å². The highest BCUT2D eigenvalue weighted by Gasteiger charge is 2.44. The van der Waals surface area contributed by atoms with Gasteiger partial charge < -0.3 is 0 Å². The maximum absolute atomic E-state index is 5.87. The minimum atomic E-state index is 0.294. The van der Waals surface area contributed by atoms with Crippen LogP contribution in [0.15, 0.2) is 30.3 Å². The van der Waals surface area contributed by atoms with Gasteiger partial charge in [-0.3, -0.25) is 11.3 Å². The Balaban J connectivity index is 2.02. The van der Waals surface area contributed by atoms with Gasteiger partial charge in [0.25, 0.3) is 0 Å². The quantitative estimate of drug-likeness (QED) is 0.422. The van der Waals surface area contributed by atoms with Gasteiger partial charge in [0.05, 0.1) is 0 Å². The number of hydrazine groups is 1. The molecule has 0 aliphatic heterocycles. The van der Waals surface area contributed by atoms with Gasteiger partial charge >= 0.3 is 0 Å². The van der Waals surface area contributed by atoms with Crippen LogP contribution < -0.4 is 11.3 Å². The standard InChI is InChI=1S/C17H28N2/c1-2-3-4-8-12-16(19-18)17(13-9-14-17)15-10-6-5-7-11-15/h5-7,10-11,16,19H,2-4,8-9,12-14,18H2,1H3. The first-order chi connectivity index (χ1) is 9.33. The number of hydrogen-bond acceptors (Lipinski definition) is 2. The molecule has 1 fully saturated rings. The summed E-state index contributed by atoms with van der Waals surface area (Å²) in [7, 11) is 0. The van der Waals surface area contributed by atoms with Gasteiger partial charge in [0.1, 0.15) is 0 Å². The van der Waals surface area contributed by atoms with E-state index in [2.05, 4.69) is 42.7 Å². The number of benzene rings is 1. The van der Waals surface area contributed by atoms with Gasteiger partial charge in [-0.25, -0.2) is 0 Å². The van der Waals surface area contributed by atoms with Crippen LogP contribution in [0, 0.1) is 0 Å². The zero-order chi connectivity index (χ0) is 13.6. The minimum Gasteiger partial charge on any atom is -0.271 e. The largest absolute Gasteiger partial charge is 0.271 e. The summed E-state index contributed by atoms with van der Waals surface area (Å²) in [4.78, 5) is 0. The first-order valence-corrected chi connectivity index (χ1v) is 7.85. The summed E-state index contributed by atoms with van der Waals surface area (Å²) >= 11 is 0. The van der Waals surface area contributed by atoms with Crippen LogP contribution in [0.25, 0.3) is 0 Å². The van der Waals surface area contributed by atoms with Gasteiger partial charge in [0, 0.05) is 11.5 Å². The van der Waals surface area contributed by atoms with E-state index in [-0.39, 0.29) is 0 Å². The van der Waals surface area contributed by atoms with Crippen molar-refractivity contribution in [2.45, 2.75) is 69.7 Å². The molecule has 3 N–H and O–H groups in total. The summed E-state index contributed by atoms with van der Waals surface area (Å²) in [5.41, 5.74) is 4.89. The normalized spacial score (nSPS) is 18.8. The highest BCUT2D eigenvalue weighted by Crippen LogP contribution is 2.47. The van der Waals surface area contributed by atoms with E-state index in [1.165, 1.54) is 56.9 Å². The van der Waals surface area contributed by atoms with Gasteiger partial charge in [-0.2, -0.15) is 0 Å². The van der Waals surface area contributed by atoms with Crippen molar-refractivity contribution in [1.29, 1.82) is 0 Å². The van der Waals surface area contributed by atoms with Crippen LogP contribution in [-0.2, 0) is 5.41 Å². The molecule has 2 heteroatoms. The Morgan fingerprint density at radius 1 is 1.16 bits per heavy atom. The van der Waals surface area contributed by atoms with E-state index in [0.717, 1.165) is 0 Å². The van der Waals surface area contributed by atoms with Gasteiger partial charge in [0.15, 0.2) is 0 Å². The highest BCUT2D eigenvalue weighted by molar-refractivity contribution is 5.30. The number of hydrogen-bond donors (Lipinski definition) is 2. The van der Waals surface area contributed by atoms with E-state index in [1.54, 1.807) is 0 Å². The van der Waals surface area contributed by atoms with E-state index < -0.39 is 0 Å². The van der Waals surface area contributed by atoms with Crippen molar-refractivity contribution in [3.63, 3.8) is 0 Å². The van der Waals surface area contributed by atoms with Crippen LogP contribution in [0.4, 0.5) is 0 Å². The Morgan fingerprint density at radius 2 is 1.89 bits per heavy atom. The van der Waals surface area contributed by atoms with Crippen molar-refractivity contribution in [1.82, 2.24) is 5.43 Å². The summed E-state index contributed by atoms with van der Waals surface area (Å²) in [6, 6.07) is 11.4. The van der Waals surface area contributed by atoms with E-state index in [4.69, 9.17) is 5.84 Å². The Labute approximate surface area is 117 Å². The molecule has 19 heavy (non-hydrogen) atoms. The third-order valence-corrected chi connectivity index (χ3v) is 4.81. The van der Waals surface area contributed by atoms with Crippen LogP contribution >= 0.6 is 0 Å². The fraction of sp³-hybridized carbons (Fsp3) is 0.647. The molecule has 106 valence electrons. The van der Waals surface area contributed by atoms with Gasteiger partial charge in [-0.1, -0.05) is 69.4 Å². The average molecular weight is 260 g/mol. The maximum Gasteiger partial charge on any atom is 0.0307 e. The van der Waals surface area contributed by atoms with Gasteiger partial charge in [0.2, 0.25) is 0 Å². The molecular formula is C17H28N2. The molecule has 1 aromatic carbocycles. The van der Waals surface area contributed by atoms with Crippen molar-refractivity contribution < 1.29 is 0 Å². The van der Waals surface area contributed by atoms with Gasteiger partial charge in [-0.15, -0.1) is 0 Å². The predicted molar refractivity (Wildman–Crippen MR) is 81.8 cm³/mol. The SMILES string of the molecule is CCCCCCC(NN)C1(c2ccccc2)CCC1. The summed E-state index contributed by atoms with van der Waals surface area (Å²) in [5.74, 6) is 5.87. The molecule has 0 saturated heterocycles. The van der Waals surface area contributed by atoms with Crippen LogP contribution in [0.5, 0.6) is 0 Å². The molecule has 0 heterocycles. The highest BCUT2D eigenvalue weighted by atomic mass is 15.2. The Hall–Kier alpha value is -0.860. The number of nitrogens with two attached hydrogens (primary N) is 1. The maximum atomic E-state index is 5.87. The van der Waals surface area contributed by atoms with E-state index in [1.807, 2.05) is 0 Å². The lowest BCUT2D eigenvalue weighted by atomic mass is 9.59. The zero-order valence-electron chi connectivity index (χ0n) is 12.2. The second-order valence-electron chi connectivity index (χ2n) is 5.94. The molecule has 1 aliphatic rings. The molecule has 2 rings (SSSR count). The average Bonchev–Trinajstić information content (AvgIpc) is 2.41. The number of nitrogens with one attached hydrogen (secondary N) is 1. The Morgan fingerprint density at radius 3 is 2.42 bits per heavy atom. The predicted octanol–water partition coefficient (Wildman–Crippen LogP) is 3.91. The molecule has 1 aromatic rings. The smallest absolute Gasteiger partial charge is 0.0307 e. The number of unbranched alkanes of at least 4 members (excludes halogenated alkanes) is 3. The topological polar surface area (TPSA) is 38.0 Å². The third kappa shape index (κ3) is 3.18. The first-order valence-electron chi connectivity index (χ1n) is 7.85. The van der Waals surface area contributed by atoms with Crippen molar-refractivity contribution in [3.05, 3.63) is 35.9 Å². The van der Waals surface area contributed by atoms with Crippen LogP contribution in [-0.4, -0.2) is 6.04 Å². The molecule has 0 bridgehead atoms. The lowest BCUT2D eigenvalue weighted by Crippen LogP contribution is -2.55. The van der Waals surface area contributed by atoms with Crippen molar-refractivity contribution in [2.24, 2.45) is 5.84 Å². The summed E-state index contributed by atoms with van der Waals surface area (Å²) in [6.45, 7) is 2.26. The molecule has 1 saturated carbocycles. The first kappa shape index (κ1) is 14.5. The van der Waals surface area contributed by atoms with Gasteiger partial charge in [-0.05, 0) is 24.8 Å². The van der Waals surface area contributed by atoms with E-state index >= 15 is 0 Å². The Bertz CT molecular complexity index is 357. The summed E-state index contributed by atoms with van der Waals surface area (Å²) < 4.78 is 0.